The summed E-state index contributed by atoms with van der Waals surface area (Å²) >= 11 is 0. The van der Waals surface area contributed by atoms with Crippen molar-refractivity contribution in [2.75, 3.05) is 7.11 Å². The van der Waals surface area contributed by atoms with E-state index in [4.69, 9.17) is 4.74 Å². The summed E-state index contributed by atoms with van der Waals surface area (Å²) in [5, 5.41) is 3.52. The quantitative estimate of drug-likeness (QED) is 0.836. The Balaban J connectivity index is 2.06. The zero-order valence-electron chi connectivity index (χ0n) is 11.8. The molecular formula is C14H23N3O. The van der Waals surface area contributed by atoms with Crippen molar-refractivity contribution in [1.82, 2.24) is 15.3 Å². The minimum atomic E-state index is 0.166. The second-order valence-electron chi connectivity index (χ2n) is 5.19. The average molecular weight is 249 g/mol. The van der Waals surface area contributed by atoms with Crippen molar-refractivity contribution in [2.24, 2.45) is 0 Å². The maximum absolute atomic E-state index is 5.26. The fourth-order valence-electron chi connectivity index (χ4n) is 2.03. The van der Waals surface area contributed by atoms with Crippen LogP contribution in [0.4, 0.5) is 0 Å². The molecule has 0 spiro atoms. The smallest absolute Gasteiger partial charge is 0.131 e. The molecule has 4 heteroatoms. The molecule has 1 aromatic heterocycles. The van der Waals surface area contributed by atoms with Crippen molar-refractivity contribution in [3.05, 3.63) is 22.8 Å². The molecule has 18 heavy (non-hydrogen) atoms. The lowest BCUT2D eigenvalue weighted by Crippen LogP contribution is -2.19. The number of nitrogens with one attached hydrogen (secondary N) is 1. The summed E-state index contributed by atoms with van der Waals surface area (Å²) in [6.07, 6.45) is 3.55. The van der Waals surface area contributed by atoms with Gasteiger partial charge in [-0.2, -0.15) is 0 Å². The first-order valence-corrected chi connectivity index (χ1v) is 6.69. The van der Waals surface area contributed by atoms with Crippen LogP contribution in [-0.4, -0.2) is 29.2 Å². The Morgan fingerprint density at radius 2 is 1.89 bits per heavy atom. The van der Waals surface area contributed by atoms with Gasteiger partial charge in [-0.05, 0) is 33.6 Å². The molecule has 0 aliphatic heterocycles. The van der Waals surface area contributed by atoms with E-state index in [9.17, 15) is 0 Å². The molecule has 1 aliphatic rings. The summed E-state index contributed by atoms with van der Waals surface area (Å²) in [6.45, 7) is 7.07. The fraction of sp³-hybridized carbons (Fsp3) is 0.714. The highest BCUT2D eigenvalue weighted by Crippen LogP contribution is 2.20. The Hall–Kier alpha value is -1.00. The van der Waals surface area contributed by atoms with E-state index in [1.807, 2.05) is 6.92 Å². The van der Waals surface area contributed by atoms with Gasteiger partial charge in [0.05, 0.1) is 6.10 Å². The number of hydrogen-bond acceptors (Lipinski definition) is 4. The summed E-state index contributed by atoms with van der Waals surface area (Å²) < 4.78 is 5.26. The topological polar surface area (TPSA) is 47.0 Å². The van der Waals surface area contributed by atoms with Crippen LogP contribution >= 0.6 is 0 Å². The van der Waals surface area contributed by atoms with Crippen molar-refractivity contribution < 1.29 is 4.74 Å². The first-order chi connectivity index (χ1) is 8.60. The van der Waals surface area contributed by atoms with E-state index in [0.717, 1.165) is 36.2 Å². The Bertz CT molecular complexity index is 392. The third kappa shape index (κ3) is 3.50. The molecule has 1 atom stereocenters. The number of methoxy groups -OCH3 is 1. The average Bonchev–Trinajstić information content (AvgIpc) is 3.11. The van der Waals surface area contributed by atoms with Gasteiger partial charge in [0.1, 0.15) is 5.82 Å². The zero-order valence-corrected chi connectivity index (χ0v) is 11.8. The van der Waals surface area contributed by atoms with Gasteiger partial charge < -0.3 is 10.1 Å². The van der Waals surface area contributed by atoms with Crippen LogP contribution in [0, 0.1) is 13.8 Å². The van der Waals surface area contributed by atoms with Gasteiger partial charge in [0.15, 0.2) is 0 Å². The van der Waals surface area contributed by atoms with Crippen LogP contribution in [-0.2, 0) is 17.7 Å². The summed E-state index contributed by atoms with van der Waals surface area (Å²) in [5.41, 5.74) is 3.43. The van der Waals surface area contributed by atoms with Crippen LogP contribution in [0.5, 0.6) is 0 Å². The number of ether oxygens (including phenoxy) is 1. The minimum absolute atomic E-state index is 0.166. The van der Waals surface area contributed by atoms with Crippen molar-refractivity contribution in [1.29, 1.82) is 0 Å². The third-order valence-electron chi connectivity index (χ3n) is 3.48. The largest absolute Gasteiger partial charge is 0.381 e. The van der Waals surface area contributed by atoms with Gasteiger partial charge in [-0.3, -0.25) is 0 Å². The van der Waals surface area contributed by atoms with Crippen LogP contribution in [0.15, 0.2) is 0 Å². The van der Waals surface area contributed by atoms with Gasteiger partial charge in [-0.15, -0.1) is 0 Å². The molecule has 1 heterocycles. The Morgan fingerprint density at radius 3 is 2.39 bits per heavy atom. The predicted molar refractivity (Wildman–Crippen MR) is 71.5 cm³/mol. The highest BCUT2D eigenvalue weighted by atomic mass is 16.5. The van der Waals surface area contributed by atoms with Crippen LogP contribution in [0.1, 0.15) is 42.5 Å². The fourth-order valence-corrected chi connectivity index (χ4v) is 2.03. The van der Waals surface area contributed by atoms with Gasteiger partial charge in [0.2, 0.25) is 0 Å². The van der Waals surface area contributed by atoms with E-state index in [0.29, 0.717) is 0 Å². The molecule has 100 valence electrons. The molecule has 0 bridgehead atoms. The second kappa shape index (κ2) is 5.76. The molecule has 1 unspecified atom stereocenters. The van der Waals surface area contributed by atoms with Crippen LogP contribution in [0.25, 0.3) is 0 Å². The van der Waals surface area contributed by atoms with Gasteiger partial charge >= 0.3 is 0 Å². The minimum Gasteiger partial charge on any atom is -0.381 e. The van der Waals surface area contributed by atoms with Crippen molar-refractivity contribution in [2.45, 2.75) is 58.7 Å². The van der Waals surface area contributed by atoms with Crippen molar-refractivity contribution in [3.63, 3.8) is 0 Å². The van der Waals surface area contributed by atoms with E-state index in [2.05, 4.69) is 29.1 Å². The van der Waals surface area contributed by atoms with Gasteiger partial charge in [0, 0.05) is 43.1 Å². The van der Waals surface area contributed by atoms with E-state index in [1.165, 1.54) is 18.4 Å². The highest BCUT2D eigenvalue weighted by Gasteiger charge is 2.21. The molecule has 1 aromatic rings. The molecule has 0 radical (unpaired) electrons. The molecule has 1 aliphatic carbocycles. The lowest BCUT2D eigenvalue weighted by atomic mass is 10.1. The lowest BCUT2D eigenvalue weighted by Gasteiger charge is -2.13. The summed E-state index contributed by atoms with van der Waals surface area (Å²) in [7, 11) is 1.72. The van der Waals surface area contributed by atoms with Crippen LogP contribution in [0.2, 0.25) is 0 Å². The standard InChI is InChI=1S/C14H23N3O/c1-9(18-4)7-14-16-10(2)13(11(3)17-14)8-15-12-5-6-12/h9,12,15H,5-8H2,1-4H3. The number of rotatable bonds is 6. The normalized spacial score (nSPS) is 16.9. The molecule has 1 saturated carbocycles. The predicted octanol–water partition coefficient (Wildman–Crippen LogP) is 1.92. The third-order valence-corrected chi connectivity index (χ3v) is 3.48. The zero-order chi connectivity index (χ0) is 13.1. The molecule has 0 saturated heterocycles. The number of aromatic nitrogens is 2. The molecule has 1 N–H and O–H groups in total. The Kier molecular flexibility index (Phi) is 4.30. The first-order valence-electron chi connectivity index (χ1n) is 6.69. The summed E-state index contributed by atoms with van der Waals surface area (Å²) in [4.78, 5) is 9.18. The Labute approximate surface area is 109 Å². The highest BCUT2D eigenvalue weighted by molar-refractivity contribution is 5.24. The number of aryl methyl sites for hydroxylation is 2. The van der Waals surface area contributed by atoms with Gasteiger partial charge in [-0.25, -0.2) is 9.97 Å². The molecule has 4 nitrogen and oxygen atoms in total. The van der Waals surface area contributed by atoms with Crippen molar-refractivity contribution in [3.8, 4) is 0 Å². The molecule has 0 amide bonds. The summed E-state index contributed by atoms with van der Waals surface area (Å²) in [5.74, 6) is 0.884. The number of hydrogen-bond donors (Lipinski definition) is 1. The Morgan fingerprint density at radius 1 is 1.28 bits per heavy atom. The maximum atomic E-state index is 5.26. The van der Waals surface area contributed by atoms with Gasteiger partial charge in [0.25, 0.3) is 0 Å². The number of nitrogens with zero attached hydrogens (tertiary/aromatic N) is 2. The van der Waals surface area contributed by atoms with Crippen LogP contribution in [0.3, 0.4) is 0 Å². The van der Waals surface area contributed by atoms with Crippen LogP contribution < -0.4 is 5.32 Å². The van der Waals surface area contributed by atoms with E-state index < -0.39 is 0 Å². The van der Waals surface area contributed by atoms with Crippen molar-refractivity contribution >= 4 is 0 Å². The monoisotopic (exact) mass is 249 g/mol. The molecule has 0 aromatic carbocycles. The van der Waals surface area contributed by atoms with Gasteiger partial charge in [-0.1, -0.05) is 0 Å². The maximum Gasteiger partial charge on any atom is 0.131 e. The first kappa shape index (κ1) is 13.4. The second-order valence-corrected chi connectivity index (χ2v) is 5.19. The van der Waals surface area contributed by atoms with E-state index in [1.54, 1.807) is 7.11 Å². The lowest BCUT2D eigenvalue weighted by molar-refractivity contribution is 0.117. The molecule has 2 rings (SSSR count). The molecular weight excluding hydrogens is 226 g/mol. The van der Waals surface area contributed by atoms with E-state index in [-0.39, 0.29) is 6.10 Å². The molecule has 1 fully saturated rings. The van der Waals surface area contributed by atoms with E-state index >= 15 is 0 Å². The SMILES string of the molecule is COC(C)Cc1nc(C)c(CNC2CC2)c(C)n1. The summed E-state index contributed by atoms with van der Waals surface area (Å²) in [6, 6.07) is 0.719.